The summed E-state index contributed by atoms with van der Waals surface area (Å²) in [6, 6.07) is 3.20. The fourth-order valence-corrected chi connectivity index (χ4v) is 1.23. The molecule has 1 atom stereocenters. The highest BCUT2D eigenvalue weighted by molar-refractivity contribution is 5.95. The Hall–Kier alpha value is -1.80. The van der Waals surface area contributed by atoms with Gasteiger partial charge in [-0.25, -0.2) is 8.78 Å². The van der Waals surface area contributed by atoms with E-state index in [1.54, 1.807) is 12.1 Å². The molecule has 0 radical (unpaired) electrons. The number of hydrogen-bond donors (Lipinski definition) is 4. The van der Waals surface area contributed by atoms with Gasteiger partial charge in [0.05, 0.1) is 0 Å². The predicted octanol–water partition coefficient (Wildman–Crippen LogP) is -0.108. The lowest BCUT2D eigenvalue weighted by molar-refractivity contribution is -0.00340. The molecule has 18 heavy (non-hydrogen) atoms. The maximum absolute atomic E-state index is 12.0. The van der Waals surface area contributed by atoms with Gasteiger partial charge in [-0.1, -0.05) is 5.16 Å². The SMILES string of the molecule is N/C(=N/O)c1cc(CNCC(O)C(F)F)ccn1. The number of nitrogens with zero attached hydrogens (tertiary/aromatic N) is 2. The Labute approximate surface area is 102 Å². The number of aromatic nitrogens is 1. The van der Waals surface area contributed by atoms with Crippen LogP contribution in [0.3, 0.4) is 0 Å². The Morgan fingerprint density at radius 3 is 2.89 bits per heavy atom. The number of aliphatic hydroxyl groups is 1. The third-order valence-corrected chi connectivity index (χ3v) is 2.17. The average Bonchev–Trinajstić information content (AvgIpc) is 2.37. The van der Waals surface area contributed by atoms with E-state index in [9.17, 15) is 8.78 Å². The van der Waals surface area contributed by atoms with E-state index in [-0.39, 0.29) is 24.6 Å². The number of alkyl halides is 2. The monoisotopic (exact) mass is 260 g/mol. The van der Waals surface area contributed by atoms with E-state index in [4.69, 9.17) is 16.0 Å². The van der Waals surface area contributed by atoms with E-state index in [1.807, 2.05) is 0 Å². The van der Waals surface area contributed by atoms with E-state index in [0.29, 0.717) is 5.56 Å². The predicted molar refractivity (Wildman–Crippen MR) is 60.5 cm³/mol. The van der Waals surface area contributed by atoms with E-state index in [0.717, 1.165) is 0 Å². The summed E-state index contributed by atoms with van der Waals surface area (Å²) in [6.45, 7) is 0.0386. The molecule has 0 amide bonds. The first kappa shape index (κ1) is 14.3. The maximum Gasteiger partial charge on any atom is 0.265 e. The summed E-state index contributed by atoms with van der Waals surface area (Å²) in [7, 11) is 0. The zero-order valence-corrected chi connectivity index (χ0v) is 9.42. The Morgan fingerprint density at radius 1 is 1.56 bits per heavy atom. The summed E-state index contributed by atoms with van der Waals surface area (Å²) < 4.78 is 24.0. The van der Waals surface area contributed by atoms with Gasteiger partial charge in [0.25, 0.3) is 6.43 Å². The third kappa shape index (κ3) is 4.22. The molecule has 100 valence electrons. The lowest BCUT2D eigenvalue weighted by Gasteiger charge is -2.10. The second-order valence-electron chi connectivity index (χ2n) is 3.57. The van der Waals surface area contributed by atoms with Crippen LogP contribution in [0.1, 0.15) is 11.3 Å². The zero-order chi connectivity index (χ0) is 13.5. The Balaban J connectivity index is 2.53. The minimum absolute atomic E-state index is 0.135. The smallest absolute Gasteiger partial charge is 0.265 e. The summed E-state index contributed by atoms with van der Waals surface area (Å²) in [5.41, 5.74) is 6.36. The van der Waals surface area contributed by atoms with Crippen LogP contribution < -0.4 is 11.1 Å². The van der Waals surface area contributed by atoms with Crippen molar-refractivity contribution in [1.29, 1.82) is 0 Å². The van der Waals surface area contributed by atoms with Gasteiger partial charge < -0.3 is 21.4 Å². The van der Waals surface area contributed by atoms with Crippen LogP contribution in [0.15, 0.2) is 23.5 Å². The lowest BCUT2D eigenvalue weighted by atomic mass is 10.2. The number of pyridine rings is 1. The molecule has 0 bridgehead atoms. The number of rotatable bonds is 6. The van der Waals surface area contributed by atoms with Crippen LogP contribution in [-0.2, 0) is 6.54 Å². The van der Waals surface area contributed by atoms with Crippen molar-refractivity contribution in [2.24, 2.45) is 10.9 Å². The summed E-state index contributed by atoms with van der Waals surface area (Å²) in [5.74, 6) is -0.135. The number of halogens is 2. The summed E-state index contributed by atoms with van der Waals surface area (Å²) >= 11 is 0. The molecule has 1 unspecified atom stereocenters. The van der Waals surface area contributed by atoms with E-state index in [1.165, 1.54) is 6.20 Å². The van der Waals surface area contributed by atoms with Gasteiger partial charge in [0, 0.05) is 19.3 Å². The van der Waals surface area contributed by atoms with Crippen LogP contribution in [0.4, 0.5) is 8.78 Å². The fourth-order valence-electron chi connectivity index (χ4n) is 1.23. The second-order valence-corrected chi connectivity index (χ2v) is 3.57. The average molecular weight is 260 g/mol. The van der Waals surface area contributed by atoms with Crippen molar-refractivity contribution < 1.29 is 19.1 Å². The lowest BCUT2D eigenvalue weighted by Crippen LogP contribution is -2.31. The molecule has 6 nitrogen and oxygen atoms in total. The molecule has 0 saturated heterocycles. The van der Waals surface area contributed by atoms with Gasteiger partial charge in [0.2, 0.25) is 0 Å². The molecular formula is C10H14F2N4O2. The van der Waals surface area contributed by atoms with Crippen LogP contribution in [0.5, 0.6) is 0 Å². The third-order valence-electron chi connectivity index (χ3n) is 2.17. The van der Waals surface area contributed by atoms with Crippen molar-refractivity contribution in [3.8, 4) is 0 Å². The molecule has 0 aliphatic heterocycles. The number of hydrogen-bond acceptors (Lipinski definition) is 5. The van der Waals surface area contributed by atoms with Gasteiger partial charge in [-0.2, -0.15) is 0 Å². The minimum atomic E-state index is -2.78. The molecule has 5 N–H and O–H groups in total. The number of nitrogens with one attached hydrogen (secondary N) is 1. The molecule has 0 fully saturated rings. The number of aliphatic hydroxyl groups excluding tert-OH is 1. The number of nitrogens with two attached hydrogens (primary N) is 1. The molecule has 1 heterocycles. The van der Waals surface area contributed by atoms with Gasteiger partial charge in [0.1, 0.15) is 11.8 Å². The van der Waals surface area contributed by atoms with E-state index >= 15 is 0 Å². The standard InChI is InChI=1S/C10H14F2N4O2/c11-9(12)8(17)5-14-4-6-1-2-15-7(3-6)10(13)16-18/h1-3,8-9,14,17-18H,4-5H2,(H2,13,16). The Kier molecular flexibility index (Phi) is 5.40. The number of oxime groups is 1. The van der Waals surface area contributed by atoms with Crippen LogP contribution >= 0.6 is 0 Å². The first-order chi connectivity index (χ1) is 8.54. The van der Waals surface area contributed by atoms with Crippen molar-refractivity contribution >= 4 is 5.84 Å². The molecular weight excluding hydrogens is 246 g/mol. The molecule has 0 aliphatic rings. The highest BCUT2D eigenvalue weighted by atomic mass is 19.3. The summed E-state index contributed by atoms with van der Waals surface area (Å²) in [5, 5.41) is 22.8. The first-order valence-corrected chi connectivity index (χ1v) is 5.14. The molecule has 8 heteroatoms. The van der Waals surface area contributed by atoms with Crippen molar-refractivity contribution in [3.05, 3.63) is 29.6 Å². The van der Waals surface area contributed by atoms with Crippen LogP contribution in [0.2, 0.25) is 0 Å². The van der Waals surface area contributed by atoms with Crippen molar-refractivity contribution in [1.82, 2.24) is 10.3 Å². The maximum atomic E-state index is 12.0. The topological polar surface area (TPSA) is 104 Å². The molecule has 1 aromatic heterocycles. The normalized spacial score (nSPS) is 13.9. The zero-order valence-electron chi connectivity index (χ0n) is 9.42. The van der Waals surface area contributed by atoms with Crippen LogP contribution in [0, 0.1) is 0 Å². The minimum Gasteiger partial charge on any atom is -0.409 e. The Bertz CT molecular complexity index is 415. The molecule has 0 saturated carbocycles. The first-order valence-electron chi connectivity index (χ1n) is 5.14. The van der Waals surface area contributed by atoms with E-state index < -0.39 is 12.5 Å². The highest BCUT2D eigenvalue weighted by Gasteiger charge is 2.15. The van der Waals surface area contributed by atoms with Crippen LogP contribution in [-0.4, -0.2) is 40.2 Å². The van der Waals surface area contributed by atoms with Gasteiger partial charge in [-0.05, 0) is 17.7 Å². The Morgan fingerprint density at radius 2 is 2.28 bits per heavy atom. The van der Waals surface area contributed by atoms with Gasteiger partial charge in [0.15, 0.2) is 5.84 Å². The van der Waals surface area contributed by atoms with Crippen molar-refractivity contribution in [2.75, 3.05) is 6.54 Å². The second kappa shape index (κ2) is 6.82. The fraction of sp³-hybridized carbons (Fsp3) is 0.400. The summed E-state index contributed by atoms with van der Waals surface area (Å²) in [4.78, 5) is 3.87. The quantitative estimate of drug-likeness (QED) is 0.247. The molecule has 1 rings (SSSR count). The largest absolute Gasteiger partial charge is 0.409 e. The molecule has 0 aromatic carbocycles. The van der Waals surface area contributed by atoms with Crippen LogP contribution in [0.25, 0.3) is 0 Å². The molecule has 0 spiro atoms. The van der Waals surface area contributed by atoms with Crippen molar-refractivity contribution in [2.45, 2.75) is 19.1 Å². The van der Waals surface area contributed by atoms with E-state index in [2.05, 4.69) is 15.5 Å². The highest BCUT2D eigenvalue weighted by Crippen LogP contribution is 2.03. The van der Waals surface area contributed by atoms with Gasteiger partial charge >= 0.3 is 0 Å². The molecule has 1 aromatic rings. The van der Waals surface area contributed by atoms with Gasteiger partial charge in [-0.3, -0.25) is 4.98 Å². The van der Waals surface area contributed by atoms with Crippen molar-refractivity contribution in [3.63, 3.8) is 0 Å². The van der Waals surface area contributed by atoms with Gasteiger partial charge in [-0.15, -0.1) is 0 Å². The number of amidine groups is 1. The summed E-state index contributed by atoms with van der Waals surface area (Å²) in [6.07, 6.45) is -3.02. The molecule has 0 aliphatic carbocycles.